The van der Waals surface area contributed by atoms with Crippen molar-refractivity contribution >= 4 is 15.9 Å². The number of ether oxygens (including phenoxy) is 1. The number of halogens is 1. The van der Waals surface area contributed by atoms with Crippen molar-refractivity contribution in [2.75, 3.05) is 7.11 Å². The lowest BCUT2D eigenvalue weighted by Crippen LogP contribution is -2.37. The van der Waals surface area contributed by atoms with E-state index in [9.17, 15) is 0 Å². The Bertz CT molecular complexity index is 439. The standard InChI is InChI=1S/C12H15BrN2O/c1-16-10-9(6-8(13)7-15-10)11(2-3-11)12(14)4-5-12/h6-7H,2-5,14H2,1H3. The van der Waals surface area contributed by atoms with E-state index in [4.69, 9.17) is 10.5 Å². The Kier molecular flexibility index (Phi) is 2.11. The Morgan fingerprint density at radius 2 is 2.06 bits per heavy atom. The van der Waals surface area contributed by atoms with Crippen molar-refractivity contribution in [1.29, 1.82) is 0 Å². The summed E-state index contributed by atoms with van der Waals surface area (Å²) in [5.74, 6) is 0.734. The third-order valence-electron chi connectivity index (χ3n) is 4.02. The van der Waals surface area contributed by atoms with Crippen molar-refractivity contribution in [3.05, 3.63) is 22.3 Å². The van der Waals surface area contributed by atoms with E-state index in [1.807, 2.05) is 0 Å². The Labute approximate surface area is 104 Å². The molecule has 1 aromatic heterocycles. The van der Waals surface area contributed by atoms with Crippen LogP contribution in [0.4, 0.5) is 0 Å². The molecule has 0 radical (unpaired) electrons. The second-order valence-electron chi connectivity index (χ2n) is 4.95. The zero-order valence-electron chi connectivity index (χ0n) is 9.29. The van der Waals surface area contributed by atoms with Gasteiger partial charge in [-0.25, -0.2) is 4.98 Å². The average Bonchev–Trinajstić information content (AvgIpc) is 3.13. The average molecular weight is 283 g/mol. The Hall–Kier alpha value is -0.610. The fourth-order valence-corrected chi connectivity index (χ4v) is 3.04. The van der Waals surface area contributed by atoms with Gasteiger partial charge in [-0.1, -0.05) is 0 Å². The number of hydrogen-bond donors (Lipinski definition) is 1. The number of nitrogens with zero attached hydrogens (tertiary/aromatic N) is 1. The van der Waals surface area contributed by atoms with Gasteiger partial charge in [0.15, 0.2) is 0 Å². The third kappa shape index (κ3) is 1.32. The van der Waals surface area contributed by atoms with Crippen LogP contribution in [0.1, 0.15) is 31.2 Å². The molecule has 0 aliphatic heterocycles. The first-order valence-corrected chi connectivity index (χ1v) is 6.40. The molecule has 4 heteroatoms. The number of aromatic nitrogens is 1. The van der Waals surface area contributed by atoms with Gasteiger partial charge >= 0.3 is 0 Å². The number of methoxy groups -OCH3 is 1. The van der Waals surface area contributed by atoms with Crippen LogP contribution in [0.3, 0.4) is 0 Å². The van der Waals surface area contributed by atoms with Crippen LogP contribution in [0.5, 0.6) is 5.88 Å². The maximum absolute atomic E-state index is 6.39. The minimum Gasteiger partial charge on any atom is -0.481 e. The Balaban J connectivity index is 2.09. The van der Waals surface area contributed by atoms with Crippen LogP contribution >= 0.6 is 15.9 Å². The predicted octanol–water partition coefficient (Wildman–Crippen LogP) is 2.38. The lowest BCUT2D eigenvalue weighted by atomic mass is 9.87. The van der Waals surface area contributed by atoms with Gasteiger partial charge in [0, 0.05) is 27.2 Å². The largest absolute Gasteiger partial charge is 0.481 e. The number of rotatable bonds is 3. The van der Waals surface area contributed by atoms with Gasteiger partial charge in [0.25, 0.3) is 0 Å². The molecule has 2 saturated carbocycles. The van der Waals surface area contributed by atoms with E-state index >= 15 is 0 Å². The highest BCUT2D eigenvalue weighted by Gasteiger charge is 2.65. The highest BCUT2D eigenvalue weighted by molar-refractivity contribution is 9.10. The lowest BCUT2D eigenvalue weighted by Gasteiger charge is -2.24. The monoisotopic (exact) mass is 282 g/mol. The van der Waals surface area contributed by atoms with E-state index in [1.165, 1.54) is 5.56 Å². The summed E-state index contributed by atoms with van der Waals surface area (Å²) in [6.07, 6.45) is 6.36. The summed E-state index contributed by atoms with van der Waals surface area (Å²) in [7, 11) is 1.67. The van der Waals surface area contributed by atoms with Crippen LogP contribution in [0, 0.1) is 0 Å². The topological polar surface area (TPSA) is 48.1 Å². The molecule has 0 saturated heterocycles. The van der Waals surface area contributed by atoms with Crippen LogP contribution in [0.2, 0.25) is 0 Å². The van der Waals surface area contributed by atoms with Crippen molar-refractivity contribution in [1.82, 2.24) is 4.98 Å². The summed E-state index contributed by atoms with van der Waals surface area (Å²) in [6.45, 7) is 0. The molecule has 3 rings (SSSR count). The van der Waals surface area contributed by atoms with Crippen LogP contribution < -0.4 is 10.5 Å². The molecule has 2 fully saturated rings. The highest BCUT2D eigenvalue weighted by Crippen LogP contribution is 2.65. The second-order valence-corrected chi connectivity index (χ2v) is 5.86. The highest BCUT2D eigenvalue weighted by atomic mass is 79.9. The molecule has 0 bridgehead atoms. The molecule has 16 heavy (non-hydrogen) atoms. The molecular weight excluding hydrogens is 268 g/mol. The summed E-state index contributed by atoms with van der Waals surface area (Å²) < 4.78 is 6.36. The quantitative estimate of drug-likeness (QED) is 0.926. The van der Waals surface area contributed by atoms with Gasteiger partial charge in [0.2, 0.25) is 5.88 Å². The minimum absolute atomic E-state index is 0.00273. The van der Waals surface area contributed by atoms with Gasteiger partial charge in [-0.05, 0) is 47.7 Å². The summed E-state index contributed by atoms with van der Waals surface area (Å²) in [5, 5.41) is 0. The molecule has 3 nitrogen and oxygen atoms in total. The minimum atomic E-state index is 0.00273. The van der Waals surface area contributed by atoms with Crippen LogP contribution in [0.25, 0.3) is 0 Å². The Morgan fingerprint density at radius 1 is 1.38 bits per heavy atom. The van der Waals surface area contributed by atoms with Crippen molar-refractivity contribution in [3.63, 3.8) is 0 Å². The third-order valence-corrected chi connectivity index (χ3v) is 4.45. The molecule has 0 amide bonds. The van der Waals surface area contributed by atoms with E-state index < -0.39 is 0 Å². The van der Waals surface area contributed by atoms with Crippen molar-refractivity contribution in [2.24, 2.45) is 5.73 Å². The molecule has 2 aliphatic carbocycles. The zero-order chi connectivity index (χ0) is 11.4. The number of hydrogen-bond acceptors (Lipinski definition) is 3. The van der Waals surface area contributed by atoms with Crippen LogP contribution in [0.15, 0.2) is 16.7 Å². The molecule has 1 heterocycles. The maximum atomic E-state index is 6.39. The van der Waals surface area contributed by atoms with E-state index in [0.717, 1.165) is 36.0 Å². The Morgan fingerprint density at radius 3 is 2.56 bits per heavy atom. The lowest BCUT2D eigenvalue weighted by molar-refractivity contribution is 0.377. The van der Waals surface area contributed by atoms with Crippen molar-refractivity contribution < 1.29 is 4.74 Å². The molecule has 0 atom stereocenters. The molecule has 0 spiro atoms. The fraction of sp³-hybridized carbons (Fsp3) is 0.583. The molecule has 2 N–H and O–H groups in total. The first kappa shape index (κ1) is 10.5. The number of nitrogens with two attached hydrogens (primary N) is 1. The maximum Gasteiger partial charge on any atom is 0.216 e. The normalized spacial score (nSPS) is 23.9. The predicted molar refractivity (Wildman–Crippen MR) is 65.6 cm³/mol. The second kappa shape index (κ2) is 3.20. The van der Waals surface area contributed by atoms with Gasteiger partial charge in [0.05, 0.1) is 7.11 Å². The van der Waals surface area contributed by atoms with E-state index in [2.05, 4.69) is 27.0 Å². The summed E-state index contributed by atoms with van der Waals surface area (Å²) in [5.41, 5.74) is 7.72. The molecular formula is C12H15BrN2O. The summed E-state index contributed by atoms with van der Waals surface area (Å²) in [4.78, 5) is 4.32. The SMILES string of the molecule is COc1ncc(Br)cc1C1(C2(N)CC2)CC1. The van der Waals surface area contributed by atoms with Gasteiger partial charge in [-0.3, -0.25) is 0 Å². The van der Waals surface area contributed by atoms with Gasteiger partial charge in [-0.15, -0.1) is 0 Å². The summed E-state index contributed by atoms with van der Waals surface area (Å²) >= 11 is 3.47. The summed E-state index contributed by atoms with van der Waals surface area (Å²) in [6, 6.07) is 2.12. The molecule has 1 aromatic rings. The molecule has 2 aliphatic rings. The number of pyridine rings is 1. The van der Waals surface area contributed by atoms with Gasteiger partial charge in [0.1, 0.15) is 0 Å². The van der Waals surface area contributed by atoms with Gasteiger partial charge in [-0.2, -0.15) is 0 Å². The van der Waals surface area contributed by atoms with Crippen molar-refractivity contribution in [2.45, 2.75) is 36.6 Å². The van der Waals surface area contributed by atoms with E-state index in [0.29, 0.717) is 0 Å². The first-order valence-electron chi connectivity index (χ1n) is 5.60. The van der Waals surface area contributed by atoms with Crippen LogP contribution in [-0.2, 0) is 5.41 Å². The fourth-order valence-electron chi connectivity index (χ4n) is 2.71. The molecule has 86 valence electrons. The molecule has 0 aromatic carbocycles. The van der Waals surface area contributed by atoms with Crippen molar-refractivity contribution in [3.8, 4) is 5.88 Å². The smallest absolute Gasteiger partial charge is 0.216 e. The van der Waals surface area contributed by atoms with Gasteiger partial charge < -0.3 is 10.5 Å². The zero-order valence-corrected chi connectivity index (χ0v) is 10.9. The molecule has 0 unspecified atom stereocenters. The van der Waals surface area contributed by atoms with Crippen LogP contribution in [-0.4, -0.2) is 17.6 Å². The van der Waals surface area contributed by atoms with E-state index in [-0.39, 0.29) is 11.0 Å². The van der Waals surface area contributed by atoms with E-state index in [1.54, 1.807) is 13.3 Å². The first-order chi connectivity index (χ1) is 7.61.